The molecule has 0 bridgehead atoms. The molecule has 5 aromatic carbocycles. The fraction of sp³-hybridized carbons (Fsp3) is 0.178. The predicted octanol–water partition coefficient (Wildman–Crippen LogP) is 8.87. The van der Waals surface area contributed by atoms with E-state index in [0.717, 1.165) is 11.3 Å². The van der Waals surface area contributed by atoms with E-state index in [-0.39, 0.29) is 85.3 Å². The Bertz CT molecular complexity index is 4370. The van der Waals surface area contributed by atoms with Crippen LogP contribution in [-0.2, 0) is 51.1 Å². The number of nitriles is 1. The normalized spacial score (nSPS) is 12.2. The Kier molecular flexibility index (Phi) is 19.1. The number of hydrogen-bond acceptors (Lipinski definition) is 24. The van der Waals surface area contributed by atoms with Crippen LogP contribution in [0.3, 0.4) is 0 Å². The van der Waals surface area contributed by atoms with Gasteiger partial charge in [0.15, 0.2) is 16.3 Å². The number of azo groups is 3. The van der Waals surface area contributed by atoms with Gasteiger partial charge in [0.05, 0.1) is 35.3 Å². The number of hydrogen-bond donors (Lipinski definition) is 5. The van der Waals surface area contributed by atoms with Crippen molar-refractivity contribution in [3.63, 3.8) is 0 Å². The molecule has 0 aliphatic heterocycles. The Balaban J connectivity index is 0.00000104. The van der Waals surface area contributed by atoms with Gasteiger partial charge in [-0.25, -0.2) is 9.97 Å². The number of para-hydroxylation sites is 2. The van der Waals surface area contributed by atoms with Crippen molar-refractivity contribution in [1.82, 2.24) is 14.4 Å². The van der Waals surface area contributed by atoms with Gasteiger partial charge in [0.2, 0.25) is 11.0 Å². The molecule has 79 heavy (non-hydrogen) atoms. The van der Waals surface area contributed by atoms with E-state index in [9.17, 15) is 53.1 Å². The molecule has 34 heteroatoms. The van der Waals surface area contributed by atoms with Gasteiger partial charge >= 0.3 is 10.6 Å². The van der Waals surface area contributed by atoms with Crippen molar-refractivity contribution in [2.24, 2.45) is 30.7 Å². The van der Waals surface area contributed by atoms with E-state index in [1.165, 1.54) is 40.8 Å². The number of ether oxygens (including phenoxy) is 2. The number of pyridine rings is 1. The lowest BCUT2D eigenvalue weighted by Gasteiger charge is -2.12. The monoisotopic (exact) mass is 1200 g/mol. The average molecular weight is 1200 g/mol. The zero-order chi connectivity index (χ0) is 58.0. The second kappa shape index (κ2) is 25.1. The molecule has 0 fully saturated rings. The molecule has 5 N–H and O–H groups in total. The maximum Gasteiger partial charge on any atom is 0.425 e. The standard InChI is InChI=1S/C44H36N10O12S4.CH4O3S.O3S/c1-25-22-34(50-51-38-26(2)30(24-45)41-46-31-13-6-7-14-35(31)54(41)43(38)55)37(65-18-9-20-68(56,57)58)23-33(25)49-53-44-47-39(27-10-4-3-5-11-27)42(67-44)52-48-32-17-16-28-29(40(32)70(62,63)64)12-8-15-36(28)66-19-21-69(59,60)61;1-5(2,3)4;1-4(2)3/h3-8,10-17,22-23,55H,9,18-21H2,1-2H3,(H,56,57,58)(H,59,60,61)(H,62,63,64);1H3,(H,2,3,4);. The molecule has 0 saturated heterocycles. The number of thiazole rings is 1. The van der Waals surface area contributed by atoms with Crippen LogP contribution in [0.2, 0.25) is 0 Å². The fourth-order valence-corrected chi connectivity index (χ4v) is 9.47. The van der Waals surface area contributed by atoms with Crippen molar-refractivity contribution >= 4 is 123 Å². The van der Waals surface area contributed by atoms with Gasteiger partial charge in [0.25, 0.3) is 40.5 Å². The number of aromatic hydroxyl groups is 1. The average Bonchev–Trinajstić information content (AvgIpc) is 4.16. The number of aryl methyl sites for hydroxylation is 1. The Hall–Kier alpha value is -8.11. The van der Waals surface area contributed by atoms with Gasteiger partial charge in [-0.1, -0.05) is 65.9 Å². The summed E-state index contributed by atoms with van der Waals surface area (Å²) in [5.74, 6) is -1.50. The molecule has 8 aromatic rings. The lowest BCUT2D eigenvalue weighted by molar-refractivity contribution is 0.317. The second-order valence-electron chi connectivity index (χ2n) is 16.1. The third-order valence-corrected chi connectivity index (χ3v) is 13.6. The van der Waals surface area contributed by atoms with Gasteiger partial charge in [-0.2, -0.15) is 38.9 Å². The summed E-state index contributed by atoms with van der Waals surface area (Å²) in [6.07, 6.45) is 0.613. The summed E-state index contributed by atoms with van der Waals surface area (Å²) in [5.41, 5.74) is 3.23. The van der Waals surface area contributed by atoms with Crippen molar-refractivity contribution in [2.75, 3.05) is 31.0 Å². The zero-order valence-electron chi connectivity index (χ0n) is 40.7. The number of fused-ring (bicyclic) bond motifs is 4. The second-order valence-corrected chi connectivity index (χ2v) is 23.4. The van der Waals surface area contributed by atoms with Crippen molar-refractivity contribution < 1.29 is 79.1 Å². The summed E-state index contributed by atoms with van der Waals surface area (Å²) in [7, 11) is -20.4. The quantitative estimate of drug-likeness (QED) is 0.0322. The minimum Gasteiger partial charge on any atom is -0.493 e. The van der Waals surface area contributed by atoms with E-state index in [2.05, 4.69) is 46.7 Å². The van der Waals surface area contributed by atoms with Crippen LogP contribution < -0.4 is 9.47 Å². The molecule has 8 rings (SSSR count). The summed E-state index contributed by atoms with van der Waals surface area (Å²) in [6.45, 7) is 2.65. The molecule has 0 amide bonds. The summed E-state index contributed by atoms with van der Waals surface area (Å²) >= 11 is 0.937. The smallest absolute Gasteiger partial charge is 0.425 e. The minimum atomic E-state index is -4.96. The molecular weight excluding hydrogens is 1160 g/mol. The highest BCUT2D eigenvalue weighted by Gasteiger charge is 2.24. The van der Waals surface area contributed by atoms with Crippen LogP contribution in [0.5, 0.6) is 17.4 Å². The summed E-state index contributed by atoms with van der Waals surface area (Å²) in [4.78, 5) is 8.54. The molecule has 3 aromatic heterocycles. The maximum absolute atomic E-state index is 12.8. The highest BCUT2D eigenvalue weighted by atomic mass is 32.2. The lowest BCUT2D eigenvalue weighted by Crippen LogP contribution is -2.12. The van der Waals surface area contributed by atoms with Crippen molar-refractivity contribution in [3.05, 3.63) is 114 Å². The Labute approximate surface area is 454 Å². The van der Waals surface area contributed by atoms with Crippen LogP contribution in [0.15, 0.2) is 133 Å². The predicted molar refractivity (Wildman–Crippen MR) is 284 cm³/mol. The largest absolute Gasteiger partial charge is 0.493 e. The van der Waals surface area contributed by atoms with E-state index < -0.39 is 74.1 Å². The first-order chi connectivity index (χ1) is 37.0. The first-order valence-corrected chi connectivity index (χ1v) is 30.2. The van der Waals surface area contributed by atoms with Crippen LogP contribution >= 0.6 is 11.3 Å². The molecule has 3 heterocycles. The maximum atomic E-state index is 12.8. The first-order valence-electron chi connectivity index (χ1n) is 21.9. The van der Waals surface area contributed by atoms with Gasteiger partial charge in [0, 0.05) is 28.0 Å². The zero-order valence-corrected chi connectivity index (χ0v) is 45.6. The van der Waals surface area contributed by atoms with E-state index in [4.69, 9.17) is 31.2 Å². The number of benzene rings is 5. The van der Waals surface area contributed by atoms with Crippen LogP contribution in [0.1, 0.15) is 23.1 Å². The third-order valence-electron chi connectivity index (χ3n) is 10.3. The van der Waals surface area contributed by atoms with E-state index in [1.54, 1.807) is 74.5 Å². The van der Waals surface area contributed by atoms with Gasteiger partial charge in [-0.3, -0.25) is 22.6 Å². The molecule has 0 aliphatic carbocycles. The molecule has 414 valence electrons. The Morgan fingerprint density at radius 1 is 0.684 bits per heavy atom. The van der Waals surface area contributed by atoms with E-state index in [0.29, 0.717) is 39.7 Å². The molecular formula is C45H40N10O18S6. The fourth-order valence-electron chi connectivity index (χ4n) is 7.13. The highest BCUT2D eigenvalue weighted by molar-refractivity contribution is 7.86. The highest BCUT2D eigenvalue weighted by Crippen LogP contribution is 2.44. The number of nitrogens with zero attached hydrogens (tertiary/aromatic N) is 10. The topological polar surface area (TPSA) is 436 Å². The molecule has 28 nitrogen and oxygen atoms in total. The lowest BCUT2D eigenvalue weighted by atomic mass is 10.1. The van der Waals surface area contributed by atoms with Crippen molar-refractivity contribution in [1.29, 1.82) is 5.26 Å². The SMILES string of the molecule is CS(=O)(=O)O.Cc1cc(N=Nc2c(C)c(C#N)c3nc4ccccc4n3c2O)c(OCCCS(=O)(=O)O)cc1N=Nc1nc(-c2ccccc2)c(N=Nc2ccc3c(OCCS(=O)(=O)O)cccc3c2S(=O)(=O)O)s1.O=S(=O)=O. The molecule has 0 radical (unpaired) electrons. The van der Waals surface area contributed by atoms with Crippen molar-refractivity contribution in [3.8, 4) is 34.7 Å². The first kappa shape index (κ1) is 60.1. The van der Waals surface area contributed by atoms with Gasteiger partial charge in [-0.15, -0.1) is 43.3 Å². The molecule has 0 atom stereocenters. The van der Waals surface area contributed by atoms with E-state index in [1.807, 2.05) is 0 Å². The summed E-state index contributed by atoms with van der Waals surface area (Å²) in [5, 5.41) is 48.1. The van der Waals surface area contributed by atoms with Crippen LogP contribution in [0, 0.1) is 25.2 Å². The van der Waals surface area contributed by atoms with Gasteiger partial charge in [-0.05, 0) is 62.2 Å². The van der Waals surface area contributed by atoms with Gasteiger partial charge < -0.3 is 14.6 Å². The molecule has 0 spiro atoms. The Morgan fingerprint density at radius 3 is 1.95 bits per heavy atom. The van der Waals surface area contributed by atoms with Crippen LogP contribution in [0.25, 0.3) is 38.7 Å². The van der Waals surface area contributed by atoms with Gasteiger partial charge in [0.1, 0.15) is 57.5 Å². The number of aromatic nitrogens is 3. The Morgan fingerprint density at radius 2 is 1.30 bits per heavy atom. The number of rotatable bonds is 17. The molecule has 0 saturated carbocycles. The number of imidazole rings is 1. The third kappa shape index (κ3) is 16.5. The summed E-state index contributed by atoms with van der Waals surface area (Å²) < 4.78 is 164. The summed E-state index contributed by atoms with van der Waals surface area (Å²) in [6, 6.07) is 28.0. The van der Waals surface area contributed by atoms with Crippen LogP contribution in [-0.4, -0.2) is 115 Å². The molecule has 0 unspecified atom stereocenters. The molecule has 0 aliphatic rings. The van der Waals surface area contributed by atoms with Crippen molar-refractivity contribution in [2.45, 2.75) is 25.2 Å². The minimum absolute atomic E-state index is 0.0128. The van der Waals surface area contributed by atoms with E-state index >= 15 is 0 Å². The van der Waals surface area contributed by atoms with Crippen LogP contribution in [0.4, 0.5) is 32.9 Å².